The molecule has 0 heterocycles. The minimum Gasteiger partial charge on any atom is -0.393 e. The summed E-state index contributed by atoms with van der Waals surface area (Å²) in [6.45, 7) is 2.25. The molecule has 0 spiro atoms. The van der Waals surface area contributed by atoms with Crippen LogP contribution in [0.5, 0.6) is 0 Å². The van der Waals surface area contributed by atoms with Gasteiger partial charge in [-0.25, -0.2) is 0 Å². The fourth-order valence-corrected chi connectivity index (χ4v) is 2.38. The average molecular weight is 315 g/mol. The van der Waals surface area contributed by atoms with Crippen LogP contribution in [0.1, 0.15) is 84.0 Å². The van der Waals surface area contributed by atoms with Crippen molar-refractivity contribution < 1.29 is 9.90 Å². The van der Waals surface area contributed by atoms with Crippen LogP contribution < -0.4 is 0 Å². The van der Waals surface area contributed by atoms with Crippen LogP contribution in [0.4, 0.5) is 0 Å². The maximum absolute atomic E-state index is 10.6. The van der Waals surface area contributed by atoms with Crippen LogP contribution in [-0.2, 0) is 4.79 Å². The molecule has 19 heavy (non-hydrogen) atoms. The molecule has 0 aliphatic heterocycles. The van der Waals surface area contributed by atoms with Crippen molar-refractivity contribution in [3.63, 3.8) is 0 Å². The van der Waals surface area contributed by atoms with Gasteiger partial charge >= 0.3 is 0 Å². The van der Waals surface area contributed by atoms with Crippen molar-refractivity contribution in [2.75, 3.05) is 0 Å². The summed E-state index contributed by atoms with van der Waals surface area (Å²) in [7, 11) is 0. The smallest absolute Gasteiger partial charge is 0.188 e. The van der Waals surface area contributed by atoms with E-state index in [1.807, 2.05) is 0 Å². The fraction of sp³-hybridized carbons (Fsp3) is 0.933. The first-order valence-corrected chi connectivity index (χ1v) is 8.01. The van der Waals surface area contributed by atoms with E-state index in [1.165, 1.54) is 57.8 Å². The summed E-state index contributed by atoms with van der Waals surface area (Å²) in [4.78, 5) is 10.6. The summed E-state index contributed by atoms with van der Waals surface area (Å²) >= 11 is 3.66. The van der Waals surface area contributed by atoms with Crippen molar-refractivity contribution in [1.29, 1.82) is 0 Å². The summed E-state index contributed by atoms with van der Waals surface area (Å²) in [5, 5.41) is 9.26. The molecule has 0 rings (SSSR count). The summed E-state index contributed by atoms with van der Waals surface area (Å²) in [5.74, 6) is 0. The van der Waals surface area contributed by atoms with Crippen LogP contribution in [-0.4, -0.2) is 54.1 Å². The van der Waals surface area contributed by atoms with Gasteiger partial charge in [-0.15, -0.1) is 12.6 Å². The Hall–Kier alpha value is 1.24. The Bertz CT molecular complexity index is 201. The largest absolute Gasteiger partial charge is 0.393 e. The minimum atomic E-state index is -0.482. The second-order valence-corrected chi connectivity index (χ2v) is 5.72. The van der Waals surface area contributed by atoms with Crippen LogP contribution in [0.2, 0.25) is 0 Å². The second kappa shape index (κ2) is 17.3. The van der Waals surface area contributed by atoms with Crippen molar-refractivity contribution in [2.24, 2.45) is 0 Å². The van der Waals surface area contributed by atoms with Gasteiger partial charge in [0.1, 0.15) is 0 Å². The number of hydrogen-bond donors (Lipinski definition) is 2. The van der Waals surface area contributed by atoms with Crippen LogP contribution in [0.25, 0.3) is 0 Å². The first-order valence-electron chi connectivity index (χ1n) is 7.56. The number of hydrogen-bond acceptors (Lipinski definition) is 2. The maximum Gasteiger partial charge on any atom is 0.188 e. The molecule has 0 saturated heterocycles. The summed E-state index contributed by atoms with van der Waals surface area (Å²) in [6, 6.07) is 0. The molecular weight excluding hydrogens is 284 g/mol. The van der Waals surface area contributed by atoms with Gasteiger partial charge in [-0.3, -0.25) is 4.79 Å². The van der Waals surface area contributed by atoms with Gasteiger partial charge in [0.25, 0.3) is 0 Å². The van der Waals surface area contributed by atoms with Crippen LogP contribution in [0.3, 0.4) is 0 Å². The van der Waals surface area contributed by atoms with E-state index in [-0.39, 0.29) is 49.3 Å². The molecule has 0 aromatic carbocycles. The van der Waals surface area contributed by atoms with Crippen molar-refractivity contribution in [3.8, 4) is 0 Å². The topological polar surface area (TPSA) is 37.3 Å². The van der Waals surface area contributed by atoms with E-state index in [4.69, 9.17) is 0 Å². The Labute approximate surface area is 154 Å². The molecule has 2 nitrogen and oxygen atoms in total. The maximum atomic E-state index is 10.6. The van der Waals surface area contributed by atoms with Crippen LogP contribution in [0, 0.1) is 0 Å². The van der Waals surface area contributed by atoms with Gasteiger partial charge in [0.05, 0.1) is 6.10 Å². The molecule has 1 atom stereocenters. The Morgan fingerprint density at radius 2 is 1.37 bits per heavy atom. The third-order valence-electron chi connectivity index (χ3n) is 3.30. The van der Waals surface area contributed by atoms with Crippen molar-refractivity contribution in [1.82, 2.24) is 0 Å². The fourth-order valence-electron chi connectivity index (χ4n) is 2.17. The van der Waals surface area contributed by atoms with Gasteiger partial charge in [-0.05, 0) is 6.42 Å². The van der Waals surface area contributed by atoms with E-state index in [0.29, 0.717) is 0 Å². The molecule has 2 radical (unpaired) electrons. The number of aliphatic hydroxyl groups excluding tert-OH is 1. The van der Waals surface area contributed by atoms with Gasteiger partial charge in [0.15, 0.2) is 5.12 Å². The Kier molecular flexibility index (Phi) is 20.5. The number of unbranched alkanes of at least 4 members (excludes halogenated alkanes) is 9. The second-order valence-electron chi connectivity index (χ2n) is 5.22. The monoisotopic (exact) mass is 314 g/mol. The molecule has 0 aromatic heterocycles. The first kappa shape index (κ1) is 22.5. The molecule has 0 aliphatic carbocycles. The number of aliphatic hydroxyl groups is 1. The van der Waals surface area contributed by atoms with Gasteiger partial charge < -0.3 is 5.11 Å². The van der Waals surface area contributed by atoms with E-state index < -0.39 is 6.10 Å². The van der Waals surface area contributed by atoms with Gasteiger partial charge in [0.2, 0.25) is 0 Å². The van der Waals surface area contributed by atoms with E-state index in [0.717, 1.165) is 12.8 Å². The zero-order chi connectivity index (χ0) is 13.6. The van der Waals surface area contributed by atoms with Gasteiger partial charge in [-0.2, -0.15) is 0 Å². The molecule has 4 heteroatoms. The molecular formula is C15H30CaO2S. The van der Waals surface area contributed by atoms with Crippen LogP contribution in [0.15, 0.2) is 0 Å². The minimum absolute atomic E-state index is 0. The number of rotatable bonds is 13. The Morgan fingerprint density at radius 1 is 0.947 bits per heavy atom. The molecule has 110 valence electrons. The summed E-state index contributed by atoms with van der Waals surface area (Å²) in [5.41, 5.74) is 0. The quantitative estimate of drug-likeness (QED) is 0.305. The third kappa shape index (κ3) is 19.2. The average Bonchev–Trinajstić information content (AvgIpc) is 2.30. The van der Waals surface area contributed by atoms with Gasteiger partial charge in [-0.1, -0.05) is 71.1 Å². The van der Waals surface area contributed by atoms with E-state index in [1.54, 1.807) is 0 Å². The van der Waals surface area contributed by atoms with Crippen molar-refractivity contribution in [2.45, 2.75) is 90.1 Å². The number of thiol groups is 1. The van der Waals surface area contributed by atoms with E-state index >= 15 is 0 Å². The number of carbonyl (C=O) groups is 1. The first-order chi connectivity index (χ1) is 8.66. The van der Waals surface area contributed by atoms with Crippen molar-refractivity contribution in [3.05, 3.63) is 0 Å². The Morgan fingerprint density at radius 3 is 1.79 bits per heavy atom. The summed E-state index contributed by atoms with van der Waals surface area (Å²) in [6.07, 6.45) is 13.4. The molecule has 1 N–H and O–H groups in total. The molecule has 0 amide bonds. The van der Waals surface area contributed by atoms with E-state index in [9.17, 15) is 9.90 Å². The molecule has 0 aliphatic rings. The molecule has 0 saturated carbocycles. The van der Waals surface area contributed by atoms with E-state index in [2.05, 4.69) is 19.6 Å². The Balaban J connectivity index is 0. The summed E-state index contributed by atoms with van der Waals surface area (Å²) < 4.78 is 0. The standard InChI is InChI=1S/C15H30O2S.Ca/c1-2-3-4-5-6-7-8-9-10-11-12-14(16)13-15(17)18;/h14,16H,2-13H2,1H3,(H,17,18);. The number of carbonyl (C=O) groups excluding carboxylic acids is 1. The predicted molar refractivity (Wildman–Crippen MR) is 86.8 cm³/mol. The van der Waals surface area contributed by atoms with Crippen molar-refractivity contribution >= 4 is 55.5 Å². The molecule has 0 aromatic rings. The van der Waals surface area contributed by atoms with Gasteiger partial charge in [0, 0.05) is 44.2 Å². The third-order valence-corrected chi connectivity index (χ3v) is 3.48. The molecule has 0 fully saturated rings. The molecule has 1 unspecified atom stereocenters. The molecule has 0 bridgehead atoms. The normalized spacial score (nSPS) is 11.9. The zero-order valence-corrected chi connectivity index (χ0v) is 15.7. The zero-order valence-electron chi connectivity index (χ0n) is 12.6. The predicted octanol–water partition coefficient (Wildman–Crippen LogP) is 4.12. The van der Waals surface area contributed by atoms with Crippen LogP contribution >= 0.6 is 12.6 Å². The SMILES string of the molecule is CCCCCCCCCCCCC(O)CC(=O)S.[Ca].